The predicted molar refractivity (Wildman–Crippen MR) is 56.9 cm³/mol. The van der Waals surface area contributed by atoms with Crippen molar-refractivity contribution in [2.75, 3.05) is 13.1 Å². The highest BCUT2D eigenvalue weighted by molar-refractivity contribution is 5.73. The van der Waals surface area contributed by atoms with Crippen molar-refractivity contribution in [3.8, 4) is 0 Å². The van der Waals surface area contributed by atoms with Crippen LogP contribution in [0.25, 0.3) is 0 Å². The Balaban J connectivity index is 0.000000224. The maximum absolute atomic E-state index is 12.5. The van der Waals surface area contributed by atoms with Gasteiger partial charge in [-0.25, -0.2) is 9.18 Å². The molecule has 0 amide bonds. The van der Waals surface area contributed by atoms with Crippen LogP contribution in [0.15, 0.2) is 24.3 Å². The van der Waals surface area contributed by atoms with Gasteiger partial charge in [-0.05, 0) is 17.7 Å². The molecule has 0 radical (unpaired) electrons. The standard InChI is InChI=1S/C9H10FNO.C2HF3O2/c10-8-3-1-7(2-4-8)9(12)5-11-6-9;3-2(4,5)1(6)7/h1-4,11-12H,5-6H2;(H,6,7). The summed E-state index contributed by atoms with van der Waals surface area (Å²) in [6, 6.07) is 5.98. The number of hydrogen-bond donors (Lipinski definition) is 3. The first kappa shape index (κ1) is 15.4. The molecular formula is C11H11F4NO3. The van der Waals surface area contributed by atoms with E-state index in [4.69, 9.17) is 9.90 Å². The van der Waals surface area contributed by atoms with Gasteiger partial charge in [0.2, 0.25) is 0 Å². The first-order valence-corrected chi connectivity index (χ1v) is 5.14. The molecule has 1 aromatic carbocycles. The Morgan fingerprint density at radius 3 is 1.89 bits per heavy atom. The van der Waals surface area contributed by atoms with Gasteiger partial charge < -0.3 is 15.5 Å². The van der Waals surface area contributed by atoms with Crippen LogP contribution >= 0.6 is 0 Å². The van der Waals surface area contributed by atoms with Crippen molar-refractivity contribution in [1.29, 1.82) is 0 Å². The van der Waals surface area contributed by atoms with Crippen molar-refractivity contribution < 1.29 is 32.6 Å². The van der Waals surface area contributed by atoms with Gasteiger partial charge in [0.25, 0.3) is 0 Å². The molecule has 0 aliphatic carbocycles. The van der Waals surface area contributed by atoms with Gasteiger partial charge in [0, 0.05) is 13.1 Å². The van der Waals surface area contributed by atoms with Crippen LogP contribution in [-0.4, -0.2) is 35.4 Å². The minimum Gasteiger partial charge on any atom is -0.475 e. The number of alkyl halides is 3. The Bertz CT molecular complexity index is 440. The number of benzene rings is 1. The third-order valence-corrected chi connectivity index (χ3v) is 2.46. The summed E-state index contributed by atoms with van der Waals surface area (Å²) in [6.07, 6.45) is -5.08. The topological polar surface area (TPSA) is 69.6 Å². The van der Waals surface area contributed by atoms with Gasteiger partial charge >= 0.3 is 12.1 Å². The van der Waals surface area contributed by atoms with E-state index in [9.17, 15) is 22.7 Å². The molecule has 1 fully saturated rings. The van der Waals surface area contributed by atoms with E-state index < -0.39 is 17.7 Å². The lowest BCUT2D eigenvalue weighted by Gasteiger charge is -2.37. The predicted octanol–water partition coefficient (Wildman–Crippen LogP) is 1.25. The second kappa shape index (κ2) is 5.54. The lowest BCUT2D eigenvalue weighted by Crippen LogP contribution is -2.56. The lowest BCUT2D eigenvalue weighted by molar-refractivity contribution is -0.192. The number of halogens is 4. The maximum atomic E-state index is 12.5. The Labute approximate surface area is 105 Å². The maximum Gasteiger partial charge on any atom is 0.490 e. The summed E-state index contributed by atoms with van der Waals surface area (Å²) in [6.45, 7) is 1.11. The van der Waals surface area contributed by atoms with Gasteiger partial charge in [0.1, 0.15) is 11.4 Å². The van der Waals surface area contributed by atoms with Crippen LogP contribution in [0.1, 0.15) is 5.56 Å². The van der Waals surface area contributed by atoms with Crippen molar-refractivity contribution in [3.63, 3.8) is 0 Å². The largest absolute Gasteiger partial charge is 0.490 e. The van der Waals surface area contributed by atoms with Crippen LogP contribution in [0, 0.1) is 5.82 Å². The van der Waals surface area contributed by atoms with E-state index >= 15 is 0 Å². The van der Waals surface area contributed by atoms with Gasteiger partial charge in [0.15, 0.2) is 0 Å². The van der Waals surface area contributed by atoms with E-state index in [0.29, 0.717) is 13.1 Å². The quantitative estimate of drug-likeness (QED) is 0.678. The molecule has 0 aromatic heterocycles. The van der Waals surface area contributed by atoms with Crippen molar-refractivity contribution in [2.45, 2.75) is 11.8 Å². The lowest BCUT2D eigenvalue weighted by atomic mass is 9.88. The van der Waals surface area contributed by atoms with Crippen molar-refractivity contribution in [1.82, 2.24) is 5.32 Å². The highest BCUT2D eigenvalue weighted by atomic mass is 19.4. The van der Waals surface area contributed by atoms with Crippen molar-refractivity contribution in [2.24, 2.45) is 0 Å². The van der Waals surface area contributed by atoms with Crippen LogP contribution in [0.3, 0.4) is 0 Å². The summed E-state index contributed by atoms with van der Waals surface area (Å²) in [7, 11) is 0. The van der Waals surface area contributed by atoms with Crippen LogP contribution in [0.5, 0.6) is 0 Å². The summed E-state index contributed by atoms with van der Waals surface area (Å²) < 4.78 is 44.2. The number of carboxylic acid groups (broad SMARTS) is 1. The zero-order valence-corrected chi connectivity index (χ0v) is 9.54. The summed E-state index contributed by atoms with van der Waals surface area (Å²) in [5.41, 5.74) is 0.0101. The number of β-amino-alcohol motifs (C(OH)–C–C–N with tert-alkyl or cyclic N) is 1. The minimum absolute atomic E-state index is 0.269. The summed E-state index contributed by atoms with van der Waals surface area (Å²) in [4.78, 5) is 8.90. The Morgan fingerprint density at radius 1 is 1.21 bits per heavy atom. The fourth-order valence-corrected chi connectivity index (χ4v) is 1.33. The molecule has 2 rings (SSSR count). The van der Waals surface area contributed by atoms with Gasteiger partial charge in [-0.1, -0.05) is 12.1 Å². The first-order chi connectivity index (χ1) is 8.65. The van der Waals surface area contributed by atoms with Crippen LogP contribution in [0.4, 0.5) is 17.6 Å². The molecule has 4 nitrogen and oxygen atoms in total. The van der Waals surface area contributed by atoms with Gasteiger partial charge in [-0.15, -0.1) is 0 Å². The molecule has 0 unspecified atom stereocenters. The number of carboxylic acids is 1. The molecular weight excluding hydrogens is 270 g/mol. The van der Waals surface area contributed by atoms with Crippen LogP contribution in [-0.2, 0) is 10.4 Å². The van der Waals surface area contributed by atoms with Crippen molar-refractivity contribution in [3.05, 3.63) is 35.6 Å². The van der Waals surface area contributed by atoms with E-state index in [1.165, 1.54) is 12.1 Å². The summed E-state index contributed by atoms with van der Waals surface area (Å²) in [5.74, 6) is -3.03. The highest BCUT2D eigenvalue weighted by Crippen LogP contribution is 2.24. The van der Waals surface area contributed by atoms with E-state index in [1.54, 1.807) is 12.1 Å². The molecule has 106 valence electrons. The summed E-state index contributed by atoms with van der Waals surface area (Å²) >= 11 is 0. The normalized spacial score (nSPS) is 16.9. The molecule has 0 saturated carbocycles. The number of aliphatic hydroxyl groups is 1. The zero-order chi connectivity index (χ0) is 14.7. The second-order valence-electron chi connectivity index (χ2n) is 3.94. The Kier molecular flexibility index (Phi) is 4.48. The fourth-order valence-electron chi connectivity index (χ4n) is 1.33. The Morgan fingerprint density at radius 2 is 1.63 bits per heavy atom. The third-order valence-electron chi connectivity index (χ3n) is 2.46. The highest BCUT2D eigenvalue weighted by Gasteiger charge is 2.38. The first-order valence-electron chi connectivity index (χ1n) is 5.14. The average molecular weight is 281 g/mol. The van der Waals surface area contributed by atoms with Gasteiger partial charge in [-0.2, -0.15) is 13.2 Å². The molecule has 19 heavy (non-hydrogen) atoms. The van der Waals surface area contributed by atoms with Crippen LogP contribution < -0.4 is 5.32 Å². The molecule has 0 bridgehead atoms. The number of nitrogens with one attached hydrogen (secondary N) is 1. The smallest absolute Gasteiger partial charge is 0.475 e. The summed E-state index contributed by atoms with van der Waals surface area (Å²) in [5, 5.41) is 19.9. The third kappa shape index (κ3) is 4.18. The Hall–Kier alpha value is -1.67. The molecule has 1 aliphatic rings. The number of aliphatic carboxylic acids is 1. The molecule has 1 aromatic rings. The molecule has 1 heterocycles. The van der Waals surface area contributed by atoms with E-state index in [1.807, 2.05) is 0 Å². The SMILES string of the molecule is O=C(O)C(F)(F)F.OC1(c2ccc(F)cc2)CNC1. The van der Waals surface area contributed by atoms with E-state index in [0.717, 1.165) is 5.56 Å². The number of hydrogen-bond acceptors (Lipinski definition) is 3. The molecule has 3 N–H and O–H groups in total. The van der Waals surface area contributed by atoms with E-state index in [-0.39, 0.29) is 5.82 Å². The zero-order valence-electron chi connectivity index (χ0n) is 9.54. The van der Waals surface area contributed by atoms with E-state index in [2.05, 4.69) is 5.32 Å². The molecule has 1 aliphatic heterocycles. The monoisotopic (exact) mass is 281 g/mol. The van der Waals surface area contributed by atoms with Crippen molar-refractivity contribution >= 4 is 5.97 Å². The minimum atomic E-state index is -5.08. The number of rotatable bonds is 1. The molecule has 0 spiro atoms. The molecule has 0 atom stereocenters. The molecule has 1 saturated heterocycles. The van der Waals surface area contributed by atoms with Gasteiger partial charge in [-0.3, -0.25) is 0 Å². The second-order valence-corrected chi connectivity index (χ2v) is 3.94. The fraction of sp³-hybridized carbons (Fsp3) is 0.364. The average Bonchev–Trinajstić information content (AvgIpc) is 2.26. The number of carbonyl (C=O) groups is 1. The van der Waals surface area contributed by atoms with Gasteiger partial charge in [0.05, 0.1) is 0 Å². The molecule has 8 heteroatoms. The van der Waals surface area contributed by atoms with Crippen LogP contribution in [0.2, 0.25) is 0 Å².